The molecule has 17 heavy (non-hydrogen) atoms. The van der Waals surface area contributed by atoms with Crippen LogP contribution in [0.4, 0.5) is 0 Å². The van der Waals surface area contributed by atoms with Gasteiger partial charge in [0.25, 0.3) is 0 Å². The molecular weight excluding hydrogens is 234 g/mol. The highest BCUT2D eigenvalue weighted by Crippen LogP contribution is 2.14. The van der Waals surface area contributed by atoms with Gasteiger partial charge in [0.05, 0.1) is 0 Å². The van der Waals surface area contributed by atoms with Gasteiger partial charge in [-0.05, 0) is 25.0 Å². The summed E-state index contributed by atoms with van der Waals surface area (Å²) in [5.74, 6) is 0.350. The Bertz CT molecular complexity index is 403. The van der Waals surface area contributed by atoms with Crippen molar-refractivity contribution in [1.29, 1.82) is 0 Å². The maximum Gasteiger partial charge on any atom is 0.226 e. The van der Waals surface area contributed by atoms with Gasteiger partial charge in [0.15, 0.2) is 0 Å². The van der Waals surface area contributed by atoms with Crippen molar-refractivity contribution in [3.63, 3.8) is 0 Å². The molecule has 0 N–H and O–H groups in total. The summed E-state index contributed by atoms with van der Waals surface area (Å²) in [6.45, 7) is 6.65. The predicted octanol–water partition coefficient (Wildman–Crippen LogP) is 3.14. The number of hydrogen-bond acceptors (Lipinski definition) is 1. The van der Waals surface area contributed by atoms with Gasteiger partial charge in [-0.1, -0.05) is 30.7 Å². The van der Waals surface area contributed by atoms with Crippen LogP contribution in [-0.4, -0.2) is 23.7 Å². The second-order valence-electron chi connectivity index (χ2n) is 4.68. The van der Waals surface area contributed by atoms with Crippen molar-refractivity contribution in [2.45, 2.75) is 27.3 Å². The van der Waals surface area contributed by atoms with E-state index in [1.165, 1.54) is 16.7 Å². The minimum absolute atomic E-state index is 0.0972. The quantitative estimate of drug-likeness (QED) is 0.755. The molecule has 0 fully saturated rings. The van der Waals surface area contributed by atoms with Crippen molar-refractivity contribution in [2.75, 3.05) is 12.9 Å². The van der Waals surface area contributed by atoms with Crippen molar-refractivity contribution >= 4 is 17.5 Å². The average Bonchev–Trinajstić information content (AvgIpc) is 2.30. The summed E-state index contributed by atoms with van der Waals surface area (Å²) in [4.78, 5) is 13.6. The highest BCUT2D eigenvalue weighted by atomic mass is 35.5. The van der Waals surface area contributed by atoms with E-state index in [-0.39, 0.29) is 11.8 Å². The Hall–Kier alpha value is -1.02. The van der Waals surface area contributed by atoms with Crippen LogP contribution in [0.5, 0.6) is 0 Å². The molecule has 2 nitrogen and oxygen atoms in total. The number of amides is 1. The minimum atomic E-state index is -0.118. The van der Waals surface area contributed by atoms with Gasteiger partial charge in [0.1, 0.15) is 0 Å². The summed E-state index contributed by atoms with van der Waals surface area (Å²) >= 11 is 5.70. The Morgan fingerprint density at radius 1 is 1.41 bits per heavy atom. The fourth-order valence-electron chi connectivity index (χ4n) is 1.80. The van der Waals surface area contributed by atoms with Crippen molar-refractivity contribution in [1.82, 2.24) is 4.90 Å². The maximum atomic E-state index is 11.9. The monoisotopic (exact) mass is 253 g/mol. The molecule has 0 radical (unpaired) electrons. The molecule has 1 atom stereocenters. The fraction of sp³-hybridized carbons (Fsp3) is 0.500. The molecule has 0 saturated carbocycles. The van der Waals surface area contributed by atoms with Crippen molar-refractivity contribution in [2.24, 2.45) is 5.92 Å². The van der Waals surface area contributed by atoms with E-state index in [4.69, 9.17) is 11.6 Å². The molecule has 3 heteroatoms. The van der Waals surface area contributed by atoms with E-state index >= 15 is 0 Å². The van der Waals surface area contributed by atoms with E-state index in [1.807, 2.05) is 14.0 Å². The molecule has 1 aromatic carbocycles. The normalized spacial score (nSPS) is 12.3. The van der Waals surface area contributed by atoms with E-state index in [9.17, 15) is 4.79 Å². The lowest BCUT2D eigenvalue weighted by atomic mass is 10.0. The van der Waals surface area contributed by atoms with Gasteiger partial charge in [-0.25, -0.2) is 0 Å². The zero-order valence-corrected chi connectivity index (χ0v) is 11.7. The molecule has 0 aliphatic rings. The van der Waals surface area contributed by atoms with Crippen LogP contribution in [0, 0.1) is 19.8 Å². The van der Waals surface area contributed by atoms with Crippen molar-refractivity contribution in [3.05, 3.63) is 34.9 Å². The first-order chi connectivity index (χ1) is 7.95. The first-order valence-corrected chi connectivity index (χ1v) is 6.36. The summed E-state index contributed by atoms with van der Waals surface area (Å²) < 4.78 is 0. The number of halogens is 1. The Morgan fingerprint density at radius 2 is 2.06 bits per heavy atom. The predicted molar refractivity (Wildman–Crippen MR) is 72.3 cm³/mol. The maximum absolute atomic E-state index is 11.9. The molecule has 0 spiro atoms. The van der Waals surface area contributed by atoms with Gasteiger partial charge in [0, 0.05) is 25.4 Å². The zero-order valence-electron chi connectivity index (χ0n) is 11.0. The highest BCUT2D eigenvalue weighted by molar-refractivity contribution is 6.19. The summed E-state index contributed by atoms with van der Waals surface area (Å²) in [7, 11) is 1.82. The van der Waals surface area contributed by atoms with Crippen molar-refractivity contribution in [3.8, 4) is 0 Å². The van der Waals surface area contributed by atoms with Gasteiger partial charge < -0.3 is 4.90 Å². The molecular formula is C14H20ClNO. The Balaban J connectivity index is 2.74. The number of hydrogen-bond donors (Lipinski definition) is 0. The van der Waals surface area contributed by atoms with Crippen LogP contribution in [0.15, 0.2) is 18.2 Å². The second kappa shape index (κ2) is 6.06. The van der Waals surface area contributed by atoms with Crippen LogP contribution in [0.1, 0.15) is 23.6 Å². The third-order valence-electron chi connectivity index (χ3n) is 2.93. The lowest BCUT2D eigenvalue weighted by Crippen LogP contribution is -2.32. The van der Waals surface area contributed by atoms with Gasteiger partial charge in [0.2, 0.25) is 5.91 Å². The molecule has 1 rings (SSSR count). The van der Waals surface area contributed by atoms with Gasteiger partial charge in [-0.2, -0.15) is 0 Å². The van der Waals surface area contributed by atoms with Crippen LogP contribution < -0.4 is 0 Å². The van der Waals surface area contributed by atoms with E-state index in [2.05, 4.69) is 32.0 Å². The minimum Gasteiger partial charge on any atom is -0.341 e. The molecule has 0 aliphatic carbocycles. The molecule has 1 amide bonds. The first kappa shape index (κ1) is 14.0. The van der Waals surface area contributed by atoms with Crippen molar-refractivity contribution < 1.29 is 4.79 Å². The first-order valence-electron chi connectivity index (χ1n) is 5.82. The average molecular weight is 254 g/mol. The van der Waals surface area contributed by atoms with E-state index in [0.717, 1.165) is 0 Å². The van der Waals surface area contributed by atoms with Crippen LogP contribution >= 0.6 is 11.6 Å². The number of aryl methyl sites for hydroxylation is 2. The summed E-state index contributed by atoms with van der Waals surface area (Å²) in [6.07, 6.45) is 0. The summed E-state index contributed by atoms with van der Waals surface area (Å²) in [5, 5.41) is 0. The number of rotatable bonds is 4. The van der Waals surface area contributed by atoms with E-state index in [0.29, 0.717) is 12.4 Å². The molecule has 0 saturated heterocycles. The standard InChI is InChI=1S/C14H20ClNO/c1-10-5-6-13(11(2)7-10)9-16(4)14(17)12(3)8-15/h5-7,12H,8-9H2,1-4H3. The van der Waals surface area contributed by atoms with Gasteiger partial charge in [-0.15, -0.1) is 11.6 Å². The smallest absolute Gasteiger partial charge is 0.226 e. The SMILES string of the molecule is Cc1ccc(CN(C)C(=O)C(C)CCl)c(C)c1. The molecule has 1 aromatic rings. The summed E-state index contributed by atoms with van der Waals surface area (Å²) in [6, 6.07) is 6.30. The molecule has 0 heterocycles. The number of nitrogens with zero attached hydrogens (tertiary/aromatic N) is 1. The number of benzene rings is 1. The fourth-order valence-corrected chi connectivity index (χ4v) is 1.93. The largest absolute Gasteiger partial charge is 0.341 e. The molecule has 1 unspecified atom stereocenters. The number of carbonyl (C=O) groups is 1. The number of alkyl halides is 1. The van der Waals surface area contributed by atoms with E-state index in [1.54, 1.807) is 4.90 Å². The molecule has 0 bridgehead atoms. The molecule has 0 aliphatic heterocycles. The van der Waals surface area contributed by atoms with Gasteiger partial charge in [-0.3, -0.25) is 4.79 Å². The molecule has 94 valence electrons. The van der Waals surface area contributed by atoms with Gasteiger partial charge >= 0.3 is 0 Å². The lowest BCUT2D eigenvalue weighted by Gasteiger charge is -2.21. The third-order valence-corrected chi connectivity index (χ3v) is 3.40. The zero-order chi connectivity index (χ0) is 13.0. The molecule has 0 aromatic heterocycles. The van der Waals surface area contributed by atoms with Crippen LogP contribution in [0.3, 0.4) is 0 Å². The van der Waals surface area contributed by atoms with Crippen LogP contribution in [0.2, 0.25) is 0 Å². The number of carbonyl (C=O) groups excluding carboxylic acids is 1. The third kappa shape index (κ3) is 3.74. The summed E-state index contributed by atoms with van der Waals surface area (Å²) in [5.41, 5.74) is 3.66. The lowest BCUT2D eigenvalue weighted by molar-refractivity contribution is -0.133. The Labute approximate surface area is 109 Å². The highest BCUT2D eigenvalue weighted by Gasteiger charge is 2.16. The topological polar surface area (TPSA) is 20.3 Å². The van der Waals surface area contributed by atoms with Crippen LogP contribution in [-0.2, 0) is 11.3 Å². The Kier molecular flexibility index (Phi) is 5.01. The Morgan fingerprint density at radius 3 is 2.59 bits per heavy atom. The second-order valence-corrected chi connectivity index (χ2v) is 4.99. The van der Waals surface area contributed by atoms with Crippen LogP contribution in [0.25, 0.3) is 0 Å². The van der Waals surface area contributed by atoms with E-state index < -0.39 is 0 Å².